The highest BCUT2D eigenvalue weighted by molar-refractivity contribution is 8.03. The minimum atomic E-state index is -0.520. The van der Waals surface area contributed by atoms with E-state index in [-0.39, 0.29) is 12.2 Å². The number of thioether (sulfide) groups is 1. The molecule has 0 saturated heterocycles. The smallest absolute Gasteiger partial charge is 0.349 e. The Bertz CT molecular complexity index is 846. The predicted molar refractivity (Wildman–Crippen MR) is 105 cm³/mol. The van der Waals surface area contributed by atoms with Crippen LogP contribution in [0.2, 0.25) is 0 Å². The molecule has 1 aliphatic carbocycles. The van der Waals surface area contributed by atoms with E-state index in [4.69, 9.17) is 4.74 Å². The summed E-state index contributed by atoms with van der Waals surface area (Å²) in [5.41, 5.74) is 3.31. The topological polar surface area (TPSA) is 53.3 Å². The molecule has 0 saturated carbocycles. The Balaban J connectivity index is 1.92. The van der Waals surface area contributed by atoms with Crippen molar-refractivity contribution in [1.29, 1.82) is 5.26 Å². The summed E-state index contributed by atoms with van der Waals surface area (Å²) in [6.07, 6.45) is 6.79. The average Bonchev–Trinajstić information content (AvgIpc) is 3.00. The number of carbonyl (C=O) groups excluding carboxylic acids is 1. The number of anilines is 1. The van der Waals surface area contributed by atoms with Crippen molar-refractivity contribution in [3.05, 3.63) is 58.2 Å². The zero-order valence-corrected chi connectivity index (χ0v) is 15.9. The number of para-hydroxylation sites is 1. The molecule has 3 rings (SSSR count). The summed E-state index contributed by atoms with van der Waals surface area (Å²) in [4.78, 5) is 15.6. The van der Waals surface area contributed by atoms with Crippen LogP contribution < -0.4 is 4.90 Å². The first-order valence-corrected chi connectivity index (χ1v) is 9.76. The maximum absolute atomic E-state index is 12.0. The first-order valence-electron chi connectivity index (χ1n) is 8.95. The molecule has 0 fully saturated rings. The molecule has 1 aliphatic heterocycles. The van der Waals surface area contributed by atoms with Gasteiger partial charge in [0.25, 0.3) is 0 Å². The second kappa shape index (κ2) is 8.29. The van der Waals surface area contributed by atoms with Crippen molar-refractivity contribution in [2.24, 2.45) is 0 Å². The summed E-state index contributed by atoms with van der Waals surface area (Å²) in [6.45, 7) is 5.07. The molecule has 4 nitrogen and oxygen atoms in total. The summed E-state index contributed by atoms with van der Waals surface area (Å²) in [7, 11) is 0. The number of allylic oxidation sites excluding steroid dienone is 4. The molecule has 0 radical (unpaired) electrons. The van der Waals surface area contributed by atoms with E-state index in [0.29, 0.717) is 0 Å². The van der Waals surface area contributed by atoms with Gasteiger partial charge in [0.15, 0.2) is 0 Å². The van der Waals surface area contributed by atoms with Crippen molar-refractivity contribution >= 4 is 23.4 Å². The molecule has 0 bridgehead atoms. The van der Waals surface area contributed by atoms with Gasteiger partial charge in [-0.05, 0) is 62.5 Å². The van der Waals surface area contributed by atoms with Crippen LogP contribution in [0.1, 0.15) is 33.1 Å². The lowest BCUT2D eigenvalue weighted by atomic mass is 9.92. The Hall–Kier alpha value is -2.45. The number of hydrogen-bond acceptors (Lipinski definition) is 5. The van der Waals surface area contributed by atoms with Gasteiger partial charge in [0.2, 0.25) is 0 Å². The van der Waals surface area contributed by atoms with Crippen LogP contribution in [-0.2, 0) is 9.53 Å². The lowest BCUT2D eigenvalue weighted by Crippen LogP contribution is -2.16. The van der Waals surface area contributed by atoms with E-state index in [1.807, 2.05) is 12.1 Å². The second-order valence-corrected chi connectivity index (χ2v) is 7.16. The van der Waals surface area contributed by atoms with E-state index in [0.717, 1.165) is 37.0 Å². The molecule has 0 aromatic heterocycles. The first kappa shape index (κ1) is 18.3. The van der Waals surface area contributed by atoms with Crippen LogP contribution in [0.4, 0.5) is 5.69 Å². The van der Waals surface area contributed by atoms with Crippen LogP contribution in [0.15, 0.2) is 63.1 Å². The zero-order chi connectivity index (χ0) is 18.5. The number of fused-ring (bicyclic) bond motifs is 1. The van der Waals surface area contributed by atoms with Gasteiger partial charge in [-0.1, -0.05) is 30.0 Å². The molecule has 1 heterocycles. The van der Waals surface area contributed by atoms with Crippen LogP contribution in [0.25, 0.3) is 0 Å². The Morgan fingerprint density at radius 2 is 2.15 bits per heavy atom. The van der Waals surface area contributed by atoms with Crippen LogP contribution in [0.5, 0.6) is 0 Å². The average molecular weight is 366 g/mol. The summed E-state index contributed by atoms with van der Waals surface area (Å²) in [5, 5.41) is 10.6. The molecular weight excluding hydrogens is 344 g/mol. The molecule has 1 aromatic carbocycles. The van der Waals surface area contributed by atoms with E-state index >= 15 is 0 Å². The number of rotatable bonds is 4. The lowest BCUT2D eigenvalue weighted by Gasteiger charge is -2.20. The van der Waals surface area contributed by atoms with E-state index in [2.05, 4.69) is 42.2 Å². The minimum Gasteiger partial charge on any atom is -0.462 e. The quantitative estimate of drug-likeness (QED) is 0.428. The summed E-state index contributed by atoms with van der Waals surface area (Å²) in [6, 6.07) is 10.4. The zero-order valence-electron chi connectivity index (χ0n) is 15.1. The van der Waals surface area contributed by atoms with Crippen LogP contribution in [0.3, 0.4) is 0 Å². The van der Waals surface area contributed by atoms with Crippen LogP contribution in [0, 0.1) is 11.3 Å². The number of carbonyl (C=O) groups is 1. The van der Waals surface area contributed by atoms with Gasteiger partial charge in [-0.25, -0.2) is 4.79 Å². The molecule has 26 heavy (non-hydrogen) atoms. The second-order valence-electron chi connectivity index (χ2n) is 6.10. The van der Waals surface area contributed by atoms with Gasteiger partial charge in [0.05, 0.1) is 17.3 Å². The fraction of sp³-hybridized carbons (Fsp3) is 0.333. The molecule has 0 unspecified atom stereocenters. The van der Waals surface area contributed by atoms with E-state index < -0.39 is 5.97 Å². The van der Waals surface area contributed by atoms with Crippen molar-refractivity contribution < 1.29 is 9.53 Å². The van der Waals surface area contributed by atoms with Gasteiger partial charge < -0.3 is 9.64 Å². The van der Waals surface area contributed by atoms with Crippen LogP contribution >= 0.6 is 11.8 Å². The van der Waals surface area contributed by atoms with Crippen LogP contribution in [-0.4, -0.2) is 19.1 Å². The van der Waals surface area contributed by atoms with Crippen molar-refractivity contribution in [3.63, 3.8) is 0 Å². The summed E-state index contributed by atoms with van der Waals surface area (Å²) in [5.74, 6) is -0.520. The maximum atomic E-state index is 12.0. The first-order chi connectivity index (χ1) is 12.7. The number of ether oxygens (including phenoxy) is 1. The normalized spacial score (nSPS) is 19.7. The van der Waals surface area contributed by atoms with Crippen molar-refractivity contribution in [3.8, 4) is 6.07 Å². The number of nitriles is 1. The monoisotopic (exact) mass is 366 g/mol. The fourth-order valence-electron chi connectivity index (χ4n) is 3.26. The van der Waals surface area contributed by atoms with E-state index in [1.54, 1.807) is 18.7 Å². The van der Waals surface area contributed by atoms with Crippen molar-refractivity contribution in [2.45, 2.75) is 38.0 Å². The van der Waals surface area contributed by atoms with E-state index in [9.17, 15) is 10.1 Å². The predicted octanol–water partition coefficient (Wildman–Crippen LogP) is 4.95. The van der Waals surface area contributed by atoms with E-state index in [1.165, 1.54) is 15.6 Å². The summed E-state index contributed by atoms with van der Waals surface area (Å²) >= 11 is 1.77. The van der Waals surface area contributed by atoms with Gasteiger partial charge in [-0.2, -0.15) is 5.26 Å². The van der Waals surface area contributed by atoms with Gasteiger partial charge in [-0.3, -0.25) is 0 Å². The third-order valence-corrected chi connectivity index (χ3v) is 5.56. The highest BCUT2D eigenvalue weighted by atomic mass is 32.2. The standard InChI is InChI=1S/C21H22N2O2S/c1-3-23-18-10-5-6-11-19(18)26-20(23)13-15-8-7-9-16(12-15)17(14-22)21(24)25-4-2/h5-6,10-13H,3-4,7-9H2,1-2H3. The molecular formula is C21H22N2O2S. The number of nitrogens with zero attached hydrogens (tertiary/aromatic N) is 2. The largest absolute Gasteiger partial charge is 0.462 e. The maximum Gasteiger partial charge on any atom is 0.349 e. The van der Waals surface area contributed by atoms with Gasteiger partial charge in [0, 0.05) is 11.4 Å². The van der Waals surface area contributed by atoms with Crippen molar-refractivity contribution in [1.82, 2.24) is 0 Å². The molecule has 0 amide bonds. The fourth-order valence-corrected chi connectivity index (χ4v) is 4.46. The highest BCUT2D eigenvalue weighted by Crippen LogP contribution is 2.46. The molecule has 0 spiro atoms. The van der Waals surface area contributed by atoms with Crippen molar-refractivity contribution in [2.75, 3.05) is 18.1 Å². The third-order valence-electron chi connectivity index (χ3n) is 4.45. The summed E-state index contributed by atoms with van der Waals surface area (Å²) < 4.78 is 5.02. The molecule has 134 valence electrons. The Morgan fingerprint density at radius 1 is 1.35 bits per heavy atom. The SMILES string of the molecule is CCOC(=O)C(C#N)=C1C=C(C=C2Sc3ccccc3N2CC)CCC1. The molecule has 0 N–H and O–H groups in total. The number of esters is 1. The Morgan fingerprint density at radius 3 is 2.88 bits per heavy atom. The molecule has 0 atom stereocenters. The number of benzene rings is 1. The minimum absolute atomic E-state index is 0.136. The molecule has 5 heteroatoms. The Kier molecular flexibility index (Phi) is 5.85. The van der Waals surface area contributed by atoms with Gasteiger partial charge in [0.1, 0.15) is 11.6 Å². The van der Waals surface area contributed by atoms with Gasteiger partial charge >= 0.3 is 5.97 Å². The highest BCUT2D eigenvalue weighted by Gasteiger charge is 2.24. The number of hydrogen-bond donors (Lipinski definition) is 0. The third kappa shape index (κ3) is 3.71. The Labute approximate surface area is 158 Å². The lowest BCUT2D eigenvalue weighted by molar-refractivity contribution is -0.138. The molecule has 2 aliphatic rings. The van der Waals surface area contributed by atoms with Gasteiger partial charge in [-0.15, -0.1) is 0 Å². The molecule has 1 aromatic rings.